The highest BCUT2D eigenvalue weighted by atomic mass is 32.2. The van der Waals surface area contributed by atoms with Crippen LogP contribution in [0, 0.1) is 30.1 Å². The summed E-state index contributed by atoms with van der Waals surface area (Å²) in [6, 6.07) is 8.12. The fourth-order valence-electron chi connectivity index (χ4n) is 6.98. The lowest BCUT2D eigenvalue weighted by molar-refractivity contribution is 0.0861. The summed E-state index contributed by atoms with van der Waals surface area (Å²) in [5.74, 6) is 2.56. The van der Waals surface area contributed by atoms with Crippen LogP contribution in [0.4, 0.5) is 0 Å². The maximum Gasteiger partial charge on any atom is 0.0811 e. The first-order valence-electron chi connectivity index (χ1n) is 13.1. The van der Waals surface area contributed by atoms with E-state index in [0.29, 0.717) is 36.0 Å². The highest BCUT2D eigenvalue weighted by Crippen LogP contribution is 2.59. The first kappa shape index (κ1) is 25.6. The van der Waals surface area contributed by atoms with E-state index in [1.165, 1.54) is 36.8 Å². The van der Waals surface area contributed by atoms with E-state index in [2.05, 4.69) is 51.6 Å². The molecule has 4 heteroatoms. The van der Waals surface area contributed by atoms with Crippen LogP contribution < -0.4 is 0 Å². The quantitative estimate of drug-likeness (QED) is 0.502. The van der Waals surface area contributed by atoms with Crippen molar-refractivity contribution >= 4 is 10.8 Å². The number of benzene rings is 1. The van der Waals surface area contributed by atoms with Gasteiger partial charge in [0.1, 0.15) is 0 Å². The summed E-state index contributed by atoms with van der Waals surface area (Å²) in [6.07, 6.45) is 11.4. The average Bonchev–Trinajstić information content (AvgIpc) is 3.16. The van der Waals surface area contributed by atoms with Crippen molar-refractivity contribution in [2.45, 2.75) is 89.2 Å². The Morgan fingerprint density at radius 3 is 2.68 bits per heavy atom. The van der Waals surface area contributed by atoms with Crippen molar-refractivity contribution in [1.82, 2.24) is 0 Å². The van der Waals surface area contributed by atoms with Gasteiger partial charge in [-0.15, -0.1) is 0 Å². The van der Waals surface area contributed by atoms with Crippen LogP contribution in [-0.4, -0.2) is 32.4 Å². The van der Waals surface area contributed by atoms with Crippen LogP contribution in [0.5, 0.6) is 0 Å². The minimum absolute atomic E-state index is 0.302. The predicted molar refractivity (Wildman–Crippen MR) is 141 cm³/mol. The highest BCUT2D eigenvalue weighted by molar-refractivity contribution is 7.85. The standard InChI is InChI=1S/C30H42O3S/c1-20-7-11-26(12-8-20)34(33)17-15-21(2)27-13-14-28-23(6-5-16-30(27,28)4)9-10-24-18-25(31)19-29(32)22(24)3/h7-12,21,25,27-29,31-32H,3,5-6,13-19H2,1-2,4H3/b23-9+,24-10-/t21-,25-,27-,28+,29+,30-,34?/m1/s1. The largest absolute Gasteiger partial charge is 0.393 e. The number of rotatable bonds is 6. The van der Waals surface area contributed by atoms with E-state index in [9.17, 15) is 14.4 Å². The molecule has 0 heterocycles. The maximum atomic E-state index is 12.9. The van der Waals surface area contributed by atoms with Gasteiger partial charge in [0.05, 0.1) is 23.0 Å². The zero-order valence-electron chi connectivity index (χ0n) is 21.1. The molecule has 7 atom stereocenters. The van der Waals surface area contributed by atoms with Crippen molar-refractivity contribution in [2.24, 2.45) is 23.2 Å². The summed E-state index contributed by atoms with van der Waals surface area (Å²) in [4.78, 5) is 0.948. The summed E-state index contributed by atoms with van der Waals surface area (Å²) >= 11 is 0. The zero-order chi connectivity index (χ0) is 24.5. The van der Waals surface area contributed by atoms with E-state index in [-0.39, 0.29) is 0 Å². The Morgan fingerprint density at radius 2 is 1.94 bits per heavy atom. The lowest BCUT2D eigenvalue weighted by atomic mass is 9.61. The van der Waals surface area contributed by atoms with Crippen molar-refractivity contribution in [3.8, 4) is 0 Å². The van der Waals surface area contributed by atoms with Crippen molar-refractivity contribution in [3.63, 3.8) is 0 Å². The van der Waals surface area contributed by atoms with Crippen molar-refractivity contribution in [3.05, 3.63) is 65.3 Å². The second kappa shape index (κ2) is 10.6. The number of hydrogen-bond donors (Lipinski definition) is 2. The van der Waals surface area contributed by atoms with Crippen LogP contribution in [0.1, 0.15) is 70.8 Å². The van der Waals surface area contributed by atoms with E-state index in [4.69, 9.17) is 0 Å². The molecule has 3 saturated carbocycles. The van der Waals surface area contributed by atoms with Gasteiger partial charge >= 0.3 is 0 Å². The minimum Gasteiger partial charge on any atom is -0.393 e. The maximum absolute atomic E-state index is 12.9. The third kappa shape index (κ3) is 5.34. The van der Waals surface area contributed by atoms with Gasteiger partial charge in [0, 0.05) is 17.1 Å². The summed E-state index contributed by atoms with van der Waals surface area (Å²) in [5, 5.41) is 20.3. The summed E-state index contributed by atoms with van der Waals surface area (Å²) in [7, 11) is -0.926. The third-order valence-corrected chi connectivity index (χ3v) is 10.4. The second-order valence-corrected chi connectivity index (χ2v) is 12.9. The SMILES string of the molecule is C=C1/C(=C\C=C2/CCC[C@]3(C)[C@@H]([C@H](C)CCS(=O)c4ccc(C)cc4)CC[C@@H]23)C[C@@H](O)C[C@@H]1O. The lowest BCUT2D eigenvalue weighted by Gasteiger charge is -2.44. The molecule has 1 aromatic carbocycles. The molecule has 0 radical (unpaired) electrons. The Bertz CT molecular complexity index is 975. The molecule has 3 fully saturated rings. The smallest absolute Gasteiger partial charge is 0.0811 e. The van der Waals surface area contributed by atoms with Gasteiger partial charge in [-0.2, -0.15) is 0 Å². The molecular formula is C30H42O3S. The molecule has 1 aromatic rings. The highest BCUT2D eigenvalue weighted by Gasteiger charge is 2.50. The van der Waals surface area contributed by atoms with Gasteiger partial charge in [-0.3, -0.25) is 4.21 Å². The topological polar surface area (TPSA) is 57.5 Å². The summed E-state index contributed by atoms with van der Waals surface area (Å²) in [5.41, 5.74) is 4.79. The molecule has 0 saturated heterocycles. The molecule has 0 spiro atoms. The van der Waals surface area contributed by atoms with Gasteiger partial charge in [-0.1, -0.05) is 55.8 Å². The van der Waals surface area contributed by atoms with Crippen molar-refractivity contribution in [1.29, 1.82) is 0 Å². The number of fused-ring (bicyclic) bond motifs is 1. The Balaban J connectivity index is 1.43. The molecule has 4 rings (SSSR count). The van der Waals surface area contributed by atoms with Crippen LogP contribution >= 0.6 is 0 Å². The van der Waals surface area contributed by atoms with Crippen molar-refractivity contribution < 1.29 is 14.4 Å². The molecule has 34 heavy (non-hydrogen) atoms. The van der Waals surface area contributed by atoms with Crippen LogP contribution in [0.25, 0.3) is 0 Å². The number of aliphatic hydroxyl groups excluding tert-OH is 2. The molecule has 186 valence electrons. The molecule has 0 aliphatic heterocycles. The predicted octanol–water partition coefficient (Wildman–Crippen LogP) is 6.27. The van der Waals surface area contributed by atoms with E-state index in [1.807, 2.05) is 12.1 Å². The lowest BCUT2D eigenvalue weighted by Crippen LogP contribution is -2.36. The van der Waals surface area contributed by atoms with Crippen LogP contribution in [0.2, 0.25) is 0 Å². The Kier molecular flexibility index (Phi) is 8.01. The first-order chi connectivity index (χ1) is 16.2. The van der Waals surface area contributed by atoms with E-state index in [0.717, 1.165) is 34.6 Å². The summed E-state index contributed by atoms with van der Waals surface area (Å²) < 4.78 is 12.9. The number of aliphatic hydroxyl groups is 2. The van der Waals surface area contributed by atoms with E-state index >= 15 is 0 Å². The van der Waals surface area contributed by atoms with Crippen molar-refractivity contribution in [2.75, 3.05) is 5.75 Å². The van der Waals surface area contributed by atoms with Crippen LogP contribution in [-0.2, 0) is 10.8 Å². The molecule has 1 unspecified atom stereocenters. The zero-order valence-corrected chi connectivity index (χ0v) is 21.9. The Hall–Kier alpha value is -1.49. The second-order valence-electron chi connectivity index (χ2n) is 11.3. The summed E-state index contributed by atoms with van der Waals surface area (Å²) in [6.45, 7) is 11.0. The number of aryl methyl sites for hydroxylation is 1. The average molecular weight is 483 g/mol. The van der Waals surface area contributed by atoms with Gasteiger partial charge in [0.25, 0.3) is 0 Å². The van der Waals surface area contributed by atoms with Crippen LogP contribution in [0.15, 0.2) is 64.6 Å². The van der Waals surface area contributed by atoms with Crippen LogP contribution in [0.3, 0.4) is 0 Å². The first-order valence-corrected chi connectivity index (χ1v) is 14.4. The fraction of sp³-hybridized carbons (Fsp3) is 0.600. The fourth-order valence-corrected chi connectivity index (χ4v) is 8.24. The van der Waals surface area contributed by atoms with Gasteiger partial charge < -0.3 is 10.2 Å². The molecule has 3 aliphatic rings. The Labute approximate surface area is 208 Å². The molecule has 0 bridgehead atoms. The minimum atomic E-state index is -0.926. The molecule has 2 N–H and O–H groups in total. The monoisotopic (exact) mass is 482 g/mol. The third-order valence-electron chi connectivity index (χ3n) is 9.03. The number of allylic oxidation sites excluding steroid dienone is 3. The van der Waals surface area contributed by atoms with Gasteiger partial charge in [-0.25, -0.2) is 0 Å². The molecular weight excluding hydrogens is 440 g/mol. The van der Waals surface area contributed by atoms with Gasteiger partial charge in [-0.05, 0) is 98.3 Å². The van der Waals surface area contributed by atoms with Gasteiger partial charge in [0.2, 0.25) is 0 Å². The van der Waals surface area contributed by atoms with E-state index < -0.39 is 23.0 Å². The number of hydrogen-bond acceptors (Lipinski definition) is 3. The van der Waals surface area contributed by atoms with Gasteiger partial charge in [0.15, 0.2) is 0 Å². The Morgan fingerprint density at radius 1 is 1.21 bits per heavy atom. The molecule has 3 aliphatic carbocycles. The molecule has 0 amide bonds. The molecule has 3 nitrogen and oxygen atoms in total. The normalized spacial score (nSPS) is 36.0. The molecule has 0 aromatic heterocycles. The van der Waals surface area contributed by atoms with E-state index in [1.54, 1.807) is 0 Å².